The number of anilines is 5. The molecule has 0 aliphatic carbocycles. The third-order valence-electron chi connectivity index (χ3n) is 4.18. The molecule has 4 aromatic rings. The molecule has 2 aromatic heterocycles. The number of carbonyl (C=O) groups is 1. The van der Waals surface area contributed by atoms with Crippen molar-refractivity contribution >= 4 is 46.6 Å². The molecular weight excluding hydrogens is 435 g/mol. The van der Waals surface area contributed by atoms with Crippen molar-refractivity contribution in [1.29, 1.82) is 0 Å². The van der Waals surface area contributed by atoms with Crippen LogP contribution in [0.5, 0.6) is 0 Å². The molecule has 0 bridgehead atoms. The van der Waals surface area contributed by atoms with Crippen LogP contribution in [0.4, 0.5) is 33.5 Å². The zero-order valence-corrected chi connectivity index (χ0v) is 17.6. The minimum Gasteiger partial charge on any atom is -0.326 e. The topological polar surface area (TPSA) is 121 Å². The summed E-state index contributed by atoms with van der Waals surface area (Å²) in [5.41, 5.74) is 1.72. The first-order chi connectivity index (χ1) is 15.4. The zero-order chi connectivity index (χ0) is 22.5. The predicted molar refractivity (Wildman–Crippen MR) is 120 cm³/mol. The van der Waals surface area contributed by atoms with E-state index in [1.165, 1.54) is 18.2 Å². The van der Waals surface area contributed by atoms with Gasteiger partial charge in [0.05, 0.1) is 6.42 Å². The standard InChI is InChI=1S/C21H18ClFN8O/c1-12-24-20(27-15-7-5-13(22)6-8-15)29-21(25-12)28-18-10-17(30-31-18)11-19(32)26-16-4-2-3-14(23)9-16/h2-10H,11H2,1H3,(H,26,32)(H3,24,25,27,28,29,30,31). The molecule has 0 aliphatic heterocycles. The van der Waals surface area contributed by atoms with E-state index >= 15 is 0 Å². The van der Waals surface area contributed by atoms with Crippen molar-refractivity contribution in [2.75, 3.05) is 16.0 Å². The maximum atomic E-state index is 13.2. The molecule has 4 N–H and O–H groups in total. The fourth-order valence-electron chi connectivity index (χ4n) is 2.83. The SMILES string of the molecule is Cc1nc(Nc2ccc(Cl)cc2)nc(Nc2cc(CC(=O)Nc3cccc(F)c3)[nH]n2)n1. The highest BCUT2D eigenvalue weighted by Crippen LogP contribution is 2.19. The summed E-state index contributed by atoms with van der Waals surface area (Å²) in [6.45, 7) is 1.74. The van der Waals surface area contributed by atoms with E-state index in [2.05, 4.69) is 41.1 Å². The van der Waals surface area contributed by atoms with Crippen LogP contribution in [0.3, 0.4) is 0 Å². The molecule has 2 heterocycles. The zero-order valence-electron chi connectivity index (χ0n) is 16.9. The van der Waals surface area contributed by atoms with Gasteiger partial charge in [-0.3, -0.25) is 9.89 Å². The Balaban J connectivity index is 1.40. The molecule has 0 fully saturated rings. The van der Waals surface area contributed by atoms with Gasteiger partial charge in [-0.25, -0.2) is 4.39 Å². The van der Waals surface area contributed by atoms with Crippen LogP contribution in [-0.4, -0.2) is 31.1 Å². The van der Waals surface area contributed by atoms with Crippen molar-refractivity contribution in [3.8, 4) is 0 Å². The Morgan fingerprint density at radius 1 is 1.00 bits per heavy atom. The van der Waals surface area contributed by atoms with Gasteiger partial charge < -0.3 is 16.0 Å². The van der Waals surface area contributed by atoms with Crippen molar-refractivity contribution < 1.29 is 9.18 Å². The van der Waals surface area contributed by atoms with Gasteiger partial charge in [0.25, 0.3) is 0 Å². The molecule has 0 radical (unpaired) electrons. The molecular formula is C21H18ClFN8O. The molecule has 0 atom stereocenters. The predicted octanol–water partition coefficient (Wildman–Crippen LogP) is 4.36. The van der Waals surface area contributed by atoms with Gasteiger partial charge in [0, 0.05) is 28.2 Å². The lowest BCUT2D eigenvalue weighted by Gasteiger charge is -2.08. The number of hydrogen-bond donors (Lipinski definition) is 4. The third kappa shape index (κ3) is 5.76. The molecule has 32 heavy (non-hydrogen) atoms. The van der Waals surface area contributed by atoms with Crippen LogP contribution < -0.4 is 16.0 Å². The molecule has 162 valence electrons. The van der Waals surface area contributed by atoms with E-state index < -0.39 is 5.82 Å². The Morgan fingerprint density at radius 2 is 1.75 bits per heavy atom. The maximum absolute atomic E-state index is 13.2. The van der Waals surface area contributed by atoms with Gasteiger partial charge in [0.15, 0.2) is 5.82 Å². The number of nitrogens with one attached hydrogen (secondary N) is 4. The number of rotatable bonds is 7. The Kier molecular flexibility index (Phi) is 6.22. The van der Waals surface area contributed by atoms with Crippen molar-refractivity contribution in [3.05, 3.63) is 77.0 Å². The van der Waals surface area contributed by atoms with E-state index in [1.54, 1.807) is 31.2 Å². The Hall–Kier alpha value is -4.05. The quantitative estimate of drug-likeness (QED) is 0.328. The normalized spacial score (nSPS) is 10.6. The number of aromatic amines is 1. The number of hydrogen-bond acceptors (Lipinski definition) is 7. The van der Waals surface area contributed by atoms with Crippen LogP contribution >= 0.6 is 11.6 Å². The van der Waals surface area contributed by atoms with Crippen LogP contribution in [0.2, 0.25) is 5.02 Å². The van der Waals surface area contributed by atoms with Gasteiger partial charge in [-0.1, -0.05) is 17.7 Å². The summed E-state index contributed by atoms with van der Waals surface area (Å²) in [6, 6.07) is 14.5. The second-order valence-electron chi connectivity index (χ2n) is 6.80. The summed E-state index contributed by atoms with van der Waals surface area (Å²) in [6.07, 6.45) is 0.0325. The van der Waals surface area contributed by atoms with Gasteiger partial charge in [0.1, 0.15) is 11.6 Å². The number of aryl methyl sites for hydroxylation is 1. The number of benzene rings is 2. The van der Waals surface area contributed by atoms with Gasteiger partial charge in [-0.05, 0) is 49.4 Å². The average molecular weight is 453 g/mol. The number of nitrogens with zero attached hydrogens (tertiary/aromatic N) is 4. The smallest absolute Gasteiger partial charge is 0.233 e. The summed E-state index contributed by atoms with van der Waals surface area (Å²) in [7, 11) is 0. The van der Waals surface area contributed by atoms with Crippen molar-refractivity contribution in [3.63, 3.8) is 0 Å². The summed E-state index contributed by atoms with van der Waals surface area (Å²) >= 11 is 5.91. The Labute approximate surface area is 187 Å². The molecule has 2 aromatic carbocycles. The number of aromatic nitrogens is 5. The minimum atomic E-state index is -0.423. The monoisotopic (exact) mass is 452 g/mol. The first kappa shape index (κ1) is 21.2. The van der Waals surface area contributed by atoms with Crippen molar-refractivity contribution in [2.24, 2.45) is 0 Å². The average Bonchev–Trinajstić information content (AvgIpc) is 3.15. The Bertz CT molecular complexity index is 1240. The van der Waals surface area contributed by atoms with Crippen LogP contribution in [0, 0.1) is 12.7 Å². The molecule has 9 nitrogen and oxygen atoms in total. The van der Waals surface area contributed by atoms with Crippen LogP contribution in [0.1, 0.15) is 11.5 Å². The molecule has 0 saturated carbocycles. The lowest BCUT2D eigenvalue weighted by molar-refractivity contribution is -0.115. The largest absolute Gasteiger partial charge is 0.326 e. The van der Waals surface area contributed by atoms with Crippen molar-refractivity contribution in [2.45, 2.75) is 13.3 Å². The fraction of sp³-hybridized carbons (Fsp3) is 0.0952. The van der Waals surface area contributed by atoms with E-state index in [1.807, 2.05) is 12.1 Å². The molecule has 4 rings (SSSR count). The van der Waals surface area contributed by atoms with E-state index in [0.717, 1.165) is 5.69 Å². The highest BCUT2D eigenvalue weighted by Gasteiger charge is 2.10. The first-order valence-electron chi connectivity index (χ1n) is 9.55. The second-order valence-corrected chi connectivity index (χ2v) is 7.24. The highest BCUT2D eigenvalue weighted by atomic mass is 35.5. The lowest BCUT2D eigenvalue weighted by atomic mass is 10.2. The van der Waals surface area contributed by atoms with Crippen LogP contribution in [-0.2, 0) is 11.2 Å². The van der Waals surface area contributed by atoms with Crippen LogP contribution in [0.15, 0.2) is 54.6 Å². The molecule has 0 spiro atoms. The molecule has 0 saturated heterocycles. The maximum Gasteiger partial charge on any atom is 0.233 e. The molecule has 1 amide bonds. The van der Waals surface area contributed by atoms with E-state index in [9.17, 15) is 9.18 Å². The fourth-order valence-corrected chi connectivity index (χ4v) is 2.96. The summed E-state index contributed by atoms with van der Waals surface area (Å²) in [5, 5.41) is 16.2. The summed E-state index contributed by atoms with van der Waals surface area (Å²) < 4.78 is 13.2. The van der Waals surface area contributed by atoms with Gasteiger partial charge in [0.2, 0.25) is 17.8 Å². The molecule has 0 unspecified atom stereocenters. The number of halogens is 2. The molecule has 0 aliphatic rings. The third-order valence-corrected chi connectivity index (χ3v) is 4.43. The van der Waals surface area contributed by atoms with E-state index in [4.69, 9.17) is 11.6 Å². The Morgan fingerprint density at radius 3 is 2.50 bits per heavy atom. The highest BCUT2D eigenvalue weighted by molar-refractivity contribution is 6.30. The summed E-state index contributed by atoms with van der Waals surface area (Å²) in [5.74, 6) is 0.846. The second kappa shape index (κ2) is 9.40. The van der Waals surface area contributed by atoms with Gasteiger partial charge in [-0.15, -0.1) is 0 Å². The van der Waals surface area contributed by atoms with Gasteiger partial charge in [-0.2, -0.15) is 20.1 Å². The first-order valence-corrected chi connectivity index (χ1v) is 9.93. The van der Waals surface area contributed by atoms with Gasteiger partial charge >= 0.3 is 0 Å². The minimum absolute atomic E-state index is 0.0325. The molecule has 11 heteroatoms. The van der Waals surface area contributed by atoms with Crippen molar-refractivity contribution in [1.82, 2.24) is 25.1 Å². The number of H-pyrrole nitrogens is 1. The number of carbonyl (C=O) groups excluding carboxylic acids is 1. The lowest BCUT2D eigenvalue weighted by Crippen LogP contribution is -2.14. The summed E-state index contributed by atoms with van der Waals surface area (Å²) in [4.78, 5) is 25.1. The number of amides is 1. The van der Waals surface area contributed by atoms with E-state index in [0.29, 0.717) is 34.0 Å². The van der Waals surface area contributed by atoms with E-state index in [-0.39, 0.29) is 18.3 Å². The van der Waals surface area contributed by atoms with Crippen LogP contribution in [0.25, 0.3) is 0 Å².